The summed E-state index contributed by atoms with van der Waals surface area (Å²) in [6, 6.07) is 9.48. The van der Waals surface area contributed by atoms with Crippen molar-refractivity contribution in [2.75, 3.05) is 44.3 Å². The van der Waals surface area contributed by atoms with Crippen molar-refractivity contribution in [3.8, 4) is 0 Å². The molecule has 4 amide bonds. The van der Waals surface area contributed by atoms with Gasteiger partial charge in [0.05, 0.1) is 12.9 Å². The van der Waals surface area contributed by atoms with E-state index < -0.39 is 17.2 Å². The molecule has 0 radical (unpaired) electrons. The van der Waals surface area contributed by atoms with Gasteiger partial charge in [0.25, 0.3) is 5.91 Å². The van der Waals surface area contributed by atoms with Gasteiger partial charge in [-0.3, -0.25) is 19.5 Å². The highest BCUT2D eigenvalue weighted by atomic mass is 16.6. The number of carbonyl (C=O) groups is 4. The molecule has 3 aliphatic rings. The van der Waals surface area contributed by atoms with Gasteiger partial charge < -0.3 is 29.7 Å². The van der Waals surface area contributed by atoms with E-state index in [0.29, 0.717) is 62.4 Å². The molecule has 45 heavy (non-hydrogen) atoms. The Kier molecular flexibility index (Phi) is 8.98. The van der Waals surface area contributed by atoms with Crippen molar-refractivity contribution in [1.82, 2.24) is 30.2 Å². The molecule has 13 heteroatoms. The van der Waals surface area contributed by atoms with E-state index in [1.165, 1.54) is 0 Å². The minimum Gasteiger partial charge on any atom is -0.444 e. The van der Waals surface area contributed by atoms with Gasteiger partial charge in [-0.1, -0.05) is 18.2 Å². The summed E-state index contributed by atoms with van der Waals surface area (Å²) in [7, 11) is 0. The third kappa shape index (κ3) is 6.86. The number of aromatic nitrogens is 2. The van der Waals surface area contributed by atoms with Crippen LogP contribution in [0.2, 0.25) is 0 Å². The van der Waals surface area contributed by atoms with Crippen LogP contribution in [0.3, 0.4) is 0 Å². The Balaban J connectivity index is 1.24. The van der Waals surface area contributed by atoms with Gasteiger partial charge in [-0.05, 0) is 71.9 Å². The number of nitrogens with one attached hydrogen (secondary N) is 2. The summed E-state index contributed by atoms with van der Waals surface area (Å²) in [6.07, 6.45) is 4.39. The molecule has 1 aromatic heterocycles. The van der Waals surface area contributed by atoms with Gasteiger partial charge >= 0.3 is 6.09 Å². The molecule has 4 heterocycles. The predicted octanol–water partition coefficient (Wildman–Crippen LogP) is 2.94. The molecule has 3 saturated heterocycles. The second-order valence-electron chi connectivity index (χ2n) is 12.9. The lowest BCUT2D eigenvalue weighted by molar-refractivity contribution is -0.139. The zero-order valence-corrected chi connectivity index (χ0v) is 26.4. The minimum atomic E-state index is -0.874. The molecular formula is C32H42N8O5. The van der Waals surface area contributed by atoms with Crippen molar-refractivity contribution in [2.45, 2.75) is 64.1 Å². The van der Waals surface area contributed by atoms with Crippen LogP contribution >= 0.6 is 0 Å². The standard InChI is InChI=1S/C32H42N8O5/c1-22(17-23-18-34-36-27(23)33-5)28(42)37-15-12-32(13-16-37)29(43)39(21-40(32)25-9-7-6-8-10-25)20-26(41)35-24-11-14-38(19-24)30(44)45-31(2,3)4/h6-10,17-18,24H,5,11-16,19-21H2,1-4H3,(H,34,36)(H,35,41)/b22-17+/t24-/m0/s1. The Morgan fingerprint density at radius 2 is 1.87 bits per heavy atom. The van der Waals surface area contributed by atoms with E-state index in [0.717, 1.165) is 5.69 Å². The van der Waals surface area contributed by atoms with E-state index in [9.17, 15) is 19.2 Å². The summed E-state index contributed by atoms with van der Waals surface area (Å²) in [6.45, 7) is 12.5. The van der Waals surface area contributed by atoms with Crippen molar-refractivity contribution in [1.29, 1.82) is 0 Å². The van der Waals surface area contributed by atoms with Gasteiger partial charge in [-0.25, -0.2) is 9.79 Å². The molecule has 2 aromatic rings. The van der Waals surface area contributed by atoms with Crippen molar-refractivity contribution < 1.29 is 23.9 Å². The van der Waals surface area contributed by atoms with Gasteiger partial charge in [0.15, 0.2) is 5.82 Å². The van der Waals surface area contributed by atoms with E-state index in [-0.39, 0.29) is 37.0 Å². The van der Waals surface area contributed by atoms with Gasteiger partial charge in [-0.15, -0.1) is 0 Å². The number of rotatable bonds is 7. The van der Waals surface area contributed by atoms with Crippen molar-refractivity contribution >= 4 is 48.1 Å². The smallest absolute Gasteiger partial charge is 0.410 e. The molecule has 0 unspecified atom stereocenters. The van der Waals surface area contributed by atoms with E-state index >= 15 is 0 Å². The number of amides is 4. The molecular weight excluding hydrogens is 576 g/mol. The number of nitrogens with zero attached hydrogens (tertiary/aromatic N) is 6. The van der Waals surface area contributed by atoms with Crippen LogP contribution in [-0.4, -0.2) is 112 Å². The topological polar surface area (TPSA) is 144 Å². The number of likely N-dealkylation sites (tertiary alicyclic amines) is 2. The number of para-hydroxylation sites is 1. The summed E-state index contributed by atoms with van der Waals surface area (Å²) >= 11 is 0. The number of hydrogen-bond donors (Lipinski definition) is 2. The Bertz CT molecular complexity index is 1470. The third-order valence-corrected chi connectivity index (χ3v) is 8.51. The van der Waals surface area contributed by atoms with Gasteiger partial charge in [-0.2, -0.15) is 5.10 Å². The first kappa shape index (κ1) is 31.7. The third-order valence-electron chi connectivity index (χ3n) is 8.51. The van der Waals surface area contributed by atoms with E-state index in [1.54, 1.807) is 33.9 Å². The lowest BCUT2D eigenvalue weighted by Gasteiger charge is -2.43. The van der Waals surface area contributed by atoms with Crippen molar-refractivity contribution in [3.05, 3.63) is 47.7 Å². The average molecular weight is 619 g/mol. The summed E-state index contributed by atoms with van der Waals surface area (Å²) in [5.74, 6) is -0.0218. The molecule has 3 aliphatic heterocycles. The number of aromatic amines is 1. The quantitative estimate of drug-likeness (QED) is 0.359. The number of carbonyl (C=O) groups excluding carboxylic acids is 4. The molecule has 1 spiro atoms. The maximum absolute atomic E-state index is 14.1. The Hall–Kier alpha value is -4.68. The highest BCUT2D eigenvalue weighted by molar-refractivity contribution is 5.99. The number of aliphatic imine (C=N–C) groups is 1. The highest BCUT2D eigenvalue weighted by Gasteiger charge is 2.54. The van der Waals surface area contributed by atoms with E-state index in [1.807, 2.05) is 51.1 Å². The van der Waals surface area contributed by atoms with E-state index in [2.05, 4.69) is 32.1 Å². The fraction of sp³-hybridized carbons (Fsp3) is 0.500. The van der Waals surface area contributed by atoms with Crippen LogP contribution in [0, 0.1) is 0 Å². The van der Waals surface area contributed by atoms with Crippen molar-refractivity contribution in [3.63, 3.8) is 0 Å². The lowest BCUT2D eigenvalue weighted by atomic mass is 9.85. The molecule has 1 aromatic carbocycles. The second kappa shape index (κ2) is 12.7. The normalized spacial score (nSPS) is 20.1. The molecule has 2 N–H and O–H groups in total. The number of ether oxygens (including phenoxy) is 1. The predicted molar refractivity (Wildman–Crippen MR) is 170 cm³/mol. The average Bonchev–Trinajstić information content (AvgIpc) is 3.72. The number of piperidine rings is 1. The zero-order valence-electron chi connectivity index (χ0n) is 26.4. The number of hydrogen-bond acceptors (Lipinski definition) is 8. The molecule has 0 bridgehead atoms. The number of anilines is 1. The summed E-state index contributed by atoms with van der Waals surface area (Å²) in [5.41, 5.74) is 0.626. The maximum atomic E-state index is 14.1. The maximum Gasteiger partial charge on any atom is 0.410 e. The fourth-order valence-corrected chi connectivity index (χ4v) is 6.28. The molecule has 3 fully saturated rings. The first-order chi connectivity index (χ1) is 21.4. The SMILES string of the molecule is C=Nc1[nH]ncc1/C=C(\C)C(=O)N1CCC2(CC1)C(=O)N(CC(=O)N[C@H]1CCN(C(=O)OC(C)(C)C)C1)CN2c1ccccc1. The van der Waals surface area contributed by atoms with Crippen LogP contribution in [0.5, 0.6) is 0 Å². The van der Waals surface area contributed by atoms with Crippen LogP contribution in [0.15, 0.2) is 47.1 Å². The Morgan fingerprint density at radius 1 is 1.16 bits per heavy atom. The molecule has 13 nitrogen and oxygen atoms in total. The van der Waals surface area contributed by atoms with Crippen LogP contribution in [0.4, 0.5) is 16.3 Å². The summed E-state index contributed by atoms with van der Waals surface area (Å²) < 4.78 is 5.46. The Morgan fingerprint density at radius 3 is 2.53 bits per heavy atom. The first-order valence-corrected chi connectivity index (χ1v) is 15.3. The van der Waals surface area contributed by atoms with Gasteiger partial charge in [0.1, 0.15) is 17.7 Å². The van der Waals surface area contributed by atoms with Crippen LogP contribution in [0.1, 0.15) is 52.5 Å². The molecule has 0 saturated carbocycles. The van der Waals surface area contributed by atoms with Gasteiger partial charge in [0, 0.05) is 49.0 Å². The van der Waals surface area contributed by atoms with Crippen LogP contribution < -0.4 is 10.2 Å². The monoisotopic (exact) mass is 618 g/mol. The summed E-state index contributed by atoms with van der Waals surface area (Å²) in [4.78, 5) is 64.0. The fourth-order valence-electron chi connectivity index (χ4n) is 6.28. The molecule has 0 aliphatic carbocycles. The molecule has 240 valence electrons. The highest BCUT2D eigenvalue weighted by Crippen LogP contribution is 2.39. The second-order valence-corrected chi connectivity index (χ2v) is 12.9. The lowest BCUT2D eigenvalue weighted by Crippen LogP contribution is -2.57. The van der Waals surface area contributed by atoms with E-state index in [4.69, 9.17) is 4.74 Å². The van der Waals surface area contributed by atoms with Crippen LogP contribution in [-0.2, 0) is 19.1 Å². The van der Waals surface area contributed by atoms with Crippen molar-refractivity contribution in [2.24, 2.45) is 4.99 Å². The molecule has 1 atom stereocenters. The van der Waals surface area contributed by atoms with Crippen LogP contribution in [0.25, 0.3) is 6.08 Å². The number of benzene rings is 1. The first-order valence-electron chi connectivity index (χ1n) is 15.3. The molecule has 5 rings (SSSR count). The zero-order chi connectivity index (χ0) is 32.4. The van der Waals surface area contributed by atoms with Gasteiger partial charge in [0.2, 0.25) is 11.8 Å². The summed E-state index contributed by atoms with van der Waals surface area (Å²) in [5, 5.41) is 9.71. The largest absolute Gasteiger partial charge is 0.444 e. The Labute approximate surface area is 263 Å². The number of H-pyrrole nitrogens is 1. The minimum absolute atomic E-state index is 0.0955.